The van der Waals surface area contributed by atoms with Crippen LogP contribution in [0.2, 0.25) is 0 Å². The zero-order valence-corrected chi connectivity index (χ0v) is 13.8. The minimum Gasteiger partial charge on any atom is -0.408 e. The molecule has 2 rings (SSSR count). The maximum absolute atomic E-state index is 12.5. The molecule has 0 atom stereocenters. The summed E-state index contributed by atoms with van der Waals surface area (Å²) in [5.74, 6) is 0.0818. The van der Waals surface area contributed by atoms with Gasteiger partial charge in [0.25, 0.3) is 0 Å². The van der Waals surface area contributed by atoms with Gasteiger partial charge in [0, 0.05) is 18.1 Å². The standard InChI is InChI=1S/C16H15NO3S2/c1-21-17(22-2)16(19)20-14-11-7-6-10-13(14)15(18)12-8-4-3-5-9-12/h3-11H,1-2H3. The Labute approximate surface area is 138 Å². The van der Waals surface area contributed by atoms with Crippen LogP contribution in [0.4, 0.5) is 4.79 Å². The fourth-order valence-corrected chi connectivity index (χ4v) is 2.81. The van der Waals surface area contributed by atoms with Crippen LogP contribution in [0.1, 0.15) is 15.9 Å². The molecule has 0 N–H and O–H groups in total. The molecule has 0 aliphatic heterocycles. The highest BCUT2D eigenvalue weighted by molar-refractivity contribution is 8.12. The summed E-state index contributed by atoms with van der Waals surface area (Å²) in [4.78, 5) is 24.6. The van der Waals surface area contributed by atoms with Crippen LogP contribution in [0.3, 0.4) is 0 Å². The fraction of sp³-hybridized carbons (Fsp3) is 0.125. The van der Waals surface area contributed by atoms with Crippen molar-refractivity contribution in [2.75, 3.05) is 12.5 Å². The van der Waals surface area contributed by atoms with Crippen molar-refractivity contribution in [2.45, 2.75) is 0 Å². The Hall–Kier alpha value is -1.92. The lowest BCUT2D eigenvalue weighted by molar-refractivity contribution is 0.103. The van der Waals surface area contributed by atoms with E-state index in [4.69, 9.17) is 4.74 Å². The maximum atomic E-state index is 12.5. The van der Waals surface area contributed by atoms with Crippen LogP contribution in [0.5, 0.6) is 5.75 Å². The number of hydrogen-bond acceptors (Lipinski definition) is 5. The van der Waals surface area contributed by atoms with Gasteiger partial charge < -0.3 is 4.74 Å². The Morgan fingerprint density at radius 1 is 0.909 bits per heavy atom. The lowest BCUT2D eigenvalue weighted by Gasteiger charge is -2.16. The molecule has 0 bridgehead atoms. The molecule has 0 aliphatic carbocycles. The summed E-state index contributed by atoms with van der Waals surface area (Å²) in [6.07, 6.45) is 3.03. The van der Waals surface area contributed by atoms with Gasteiger partial charge in [-0.3, -0.25) is 4.79 Å². The molecule has 6 heteroatoms. The summed E-state index contributed by atoms with van der Waals surface area (Å²) in [5, 5.41) is 0. The fourth-order valence-electron chi connectivity index (χ4n) is 1.84. The molecule has 1 amide bonds. The Balaban J connectivity index is 2.28. The molecule has 0 heterocycles. The van der Waals surface area contributed by atoms with Crippen LogP contribution in [0.25, 0.3) is 0 Å². The van der Waals surface area contributed by atoms with Crippen LogP contribution < -0.4 is 4.74 Å². The zero-order valence-electron chi connectivity index (χ0n) is 12.2. The van der Waals surface area contributed by atoms with Gasteiger partial charge in [-0.05, 0) is 36.0 Å². The topological polar surface area (TPSA) is 46.6 Å². The van der Waals surface area contributed by atoms with Crippen molar-refractivity contribution in [1.82, 2.24) is 3.71 Å². The lowest BCUT2D eigenvalue weighted by Crippen LogP contribution is -2.21. The number of benzene rings is 2. The first kappa shape index (κ1) is 16.5. The third-order valence-electron chi connectivity index (χ3n) is 2.85. The van der Waals surface area contributed by atoms with E-state index in [0.29, 0.717) is 11.1 Å². The summed E-state index contributed by atoms with van der Waals surface area (Å²) < 4.78 is 6.75. The number of carbonyl (C=O) groups is 2. The van der Waals surface area contributed by atoms with E-state index in [-0.39, 0.29) is 11.5 Å². The van der Waals surface area contributed by atoms with Gasteiger partial charge in [-0.2, -0.15) is 3.71 Å². The minimum atomic E-state index is -0.520. The highest BCUT2D eigenvalue weighted by Gasteiger charge is 2.19. The predicted octanol–water partition coefficient (Wildman–Crippen LogP) is 4.27. The molecule has 0 aliphatic rings. The van der Waals surface area contributed by atoms with E-state index >= 15 is 0 Å². The number of para-hydroxylation sites is 1. The highest BCUT2D eigenvalue weighted by Crippen LogP contribution is 2.25. The number of amides is 1. The largest absolute Gasteiger partial charge is 0.435 e. The second-order valence-corrected chi connectivity index (χ2v) is 5.87. The second-order valence-electron chi connectivity index (χ2n) is 4.18. The van der Waals surface area contributed by atoms with Gasteiger partial charge in [-0.1, -0.05) is 42.5 Å². The van der Waals surface area contributed by atoms with Gasteiger partial charge in [0.15, 0.2) is 5.78 Å². The third-order valence-corrected chi connectivity index (χ3v) is 4.70. The summed E-state index contributed by atoms with van der Waals surface area (Å²) >= 11 is 2.49. The zero-order chi connectivity index (χ0) is 15.9. The normalized spacial score (nSPS) is 10.1. The van der Waals surface area contributed by atoms with Gasteiger partial charge in [-0.15, -0.1) is 0 Å². The van der Waals surface area contributed by atoms with E-state index in [1.165, 1.54) is 27.6 Å². The molecule has 22 heavy (non-hydrogen) atoms. The van der Waals surface area contributed by atoms with E-state index in [9.17, 15) is 9.59 Å². The first-order valence-electron chi connectivity index (χ1n) is 6.46. The average Bonchev–Trinajstić information content (AvgIpc) is 2.56. The third kappa shape index (κ3) is 3.84. The number of ketones is 1. The van der Waals surface area contributed by atoms with Crippen molar-refractivity contribution in [3.05, 3.63) is 65.7 Å². The number of hydrogen-bond donors (Lipinski definition) is 0. The first-order valence-corrected chi connectivity index (χ1v) is 8.82. The molecule has 0 aromatic heterocycles. The van der Waals surface area contributed by atoms with Crippen molar-refractivity contribution in [2.24, 2.45) is 0 Å². The first-order chi connectivity index (χ1) is 10.7. The van der Waals surface area contributed by atoms with Crippen LogP contribution in [0, 0.1) is 0 Å². The molecule has 0 radical (unpaired) electrons. The van der Waals surface area contributed by atoms with E-state index in [2.05, 4.69) is 0 Å². The molecule has 0 saturated heterocycles. The molecule has 114 valence electrons. The minimum absolute atomic E-state index is 0.177. The van der Waals surface area contributed by atoms with Gasteiger partial charge in [0.1, 0.15) is 5.75 Å². The van der Waals surface area contributed by atoms with Gasteiger partial charge in [0.2, 0.25) is 0 Å². The molecular weight excluding hydrogens is 318 g/mol. The van der Waals surface area contributed by atoms with Crippen molar-refractivity contribution in [3.63, 3.8) is 0 Å². The summed E-state index contributed by atoms with van der Waals surface area (Å²) in [6.45, 7) is 0. The van der Waals surface area contributed by atoms with Crippen LogP contribution in [0.15, 0.2) is 54.6 Å². The highest BCUT2D eigenvalue weighted by atomic mass is 32.2. The Morgan fingerprint density at radius 3 is 2.14 bits per heavy atom. The van der Waals surface area contributed by atoms with Crippen LogP contribution >= 0.6 is 23.9 Å². The molecule has 4 nitrogen and oxygen atoms in total. The molecular formula is C16H15NO3S2. The van der Waals surface area contributed by atoms with E-state index in [1.54, 1.807) is 61.0 Å². The van der Waals surface area contributed by atoms with E-state index in [0.717, 1.165) is 0 Å². The van der Waals surface area contributed by atoms with E-state index in [1.807, 2.05) is 6.07 Å². The second kappa shape index (κ2) is 7.91. The molecule has 2 aromatic rings. The summed E-state index contributed by atoms with van der Waals surface area (Å²) in [7, 11) is 0. The van der Waals surface area contributed by atoms with Gasteiger partial charge in [-0.25, -0.2) is 4.79 Å². The van der Waals surface area contributed by atoms with Crippen molar-refractivity contribution < 1.29 is 14.3 Å². The van der Waals surface area contributed by atoms with Crippen LogP contribution in [-0.4, -0.2) is 28.1 Å². The molecule has 2 aromatic carbocycles. The maximum Gasteiger partial charge on any atom is 0.435 e. The summed E-state index contributed by atoms with van der Waals surface area (Å²) in [5.41, 5.74) is 0.918. The average molecular weight is 333 g/mol. The Bertz CT molecular complexity index is 657. The SMILES string of the molecule is CSN(SC)C(=O)Oc1ccccc1C(=O)c1ccccc1. The smallest absolute Gasteiger partial charge is 0.408 e. The quantitative estimate of drug-likeness (QED) is 0.604. The Morgan fingerprint density at radius 2 is 1.50 bits per heavy atom. The number of nitrogens with zero attached hydrogens (tertiary/aromatic N) is 1. The van der Waals surface area contributed by atoms with Gasteiger partial charge >= 0.3 is 6.09 Å². The molecule has 0 saturated carbocycles. The van der Waals surface area contributed by atoms with Crippen molar-refractivity contribution in [3.8, 4) is 5.75 Å². The number of ether oxygens (including phenoxy) is 1. The van der Waals surface area contributed by atoms with Crippen LogP contribution in [-0.2, 0) is 0 Å². The lowest BCUT2D eigenvalue weighted by atomic mass is 10.0. The Kier molecular flexibility index (Phi) is 5.91. The predicted molar refractivity (Wildman–Crippen MR) is 91.2 cm³/mol. The molecule has 0 spiro atoms. The monoisotopic (exact) mass is 333 g/mol. The molecule has 0 unspecified atom stereocenters. The summed E-state index contributed by atoms with van der Waals surface area (Å²) in [6, 6.07) is 15.6. The molecule has 0 fully saturated rings. The van der Waals surface area contributed by atoms with Gasteiger partial charge in [0.05, 0.1) is 5.56 Å². The van der Waals surface area contributed by atoms with E-state index < -0.39 is 6.09 Å². The van der Waals surface area contributed by atoms with Crippen molar-refractivity contribution in [1.29, 1.82) is 0 Å². The van der Waals surface area contributed by atoms with Crippen molar-refractivity contribution >= 4 is 35.8 Å². The number of rotatable bonds is 5. The number of carbonyl (C=O) groups excluding carboxylic acids is 2.